The highest BCUT2D eigenvalue weighted by molar-refractivity contribution is 6.21. The van der Waals surface area contributed by atoms with Gasteiger partial charge in [-0.3, -0.25) is 0 Å². The topological polar surface area (TPSA) is 9.23 Å². The minimum absolute atomic E-state index is 0.0658. The van der Waals surface area contributed by atoms with E-state index in [2.05, 4.69) is 0 Å². The lowest BCUT2D eigenvalue weighted by Gasteiger charge is -2.58. The summed E-state index contributed by atoms with van der Waals surface area (Å²) < 4.78 is 5.73. The summed E-state index contributed by atoms with van der Waals surface area (Å²) in [6.07, 6.45) is 6.64. The molecule has 0 N–H and O–H groups in total. The van der Waals surface area contributed by atoms with Gasteiger partial charge in [-0.05, 0) is 49.9 Å². The zero-order valence-electron chi connectivity index (χ0n) is 8.13. The molecule has 2 heteroatoms. The Morgan fingerprint density at radius 2 is 1.77 bits per heavy atom. The molecule has 4 fully saturated rings. The molecule has 0 spiro atoms. The molecular formula is C11H17ClO. The third-order valence-electron chi connectivity index (χ3n) is 4.53. The van der Waals surface area contributed by atoms with Crippen molar-refractivity contribution in [3.8, 4) is 0 Å². The molecule has 4 bridgehead atoms. The maximum atomic E-state index is 6.50. The first kappa shape index (κ1) is 8.55. The maximum Gasteiger partial charge on any atom is 0.0849 e. The summed E-state index contributed by atoms with van der Waals surface area (Å²) in [6, 6.07) is 0. The second-order valence-electron chi connectivity index (χ2n) is 5.28. The van der Waals surface area contributed by atoms with Crippen molar-refractivity contribution in [2.45, 2.75) is 43.1 Å². The van der Waals surface area contributed by atoms with Crippen LogP contribution in [0.5, 0.6) is 0 Å². The van der Waals surface area contributed by atoms with Crippen molar-refractivity contribution in [1.82, 2.24) is 0 Å². The Bertz CT molecular complexity index is 214. The molecule has 13 heavy (non-hydrogen) atoms. The zero-order chi connectivity index (χ0) is 9.05. The molecule has 0 aliphatic heterocycles. The molecule has 0 aromatic heterocycles. The second kappa shape index (κ2) is 2.64. The van der Waals surface area contributed by atoms with Crippen LogP contribution >= 0.6 is 11.6 Å². The first-order valence-electron chi connectivity index (χ1n) is 5.43. The highest BCUT2D eigenvalue weighted by Crippen LogP contribution is 2.58. The second-order valence-corrected chi connectivity index (χ2v) is 5.75. The van der Waals surface area contributed by atoms with Crippen molar-refractivity contribution in [3.63, 3.8) is 0 Å². The average molecular weight is 201 g/mol. The van der Waals surface area contributed by atoms with Crippen molar-refractivity contribution < 1.29 is 4.74 Å². The minimum atomic E-state index is 0.0658. The van der Waals surface area contributed by atoms with Gasteiger partial charge >= 0.3 is 0 Å². The van der Waals surface area contributed by atoms with Gasteiger partial charge in [-0.2, -0.15) is 0 Å². The largest absolute Gasteiger partial charge is 0.377 e. The van der Waals surface area contributed by atoms with Crippen LogP contribution < -0.4 is 0 Å². The summed E-state index contributed by atoms with van der Waals surface area (Å²) in [5.41, 5.74) is 0.0658. The molecule has 0 aromatic carbocycles. The summed E-state index contributed by atoms with van der Waals surface area (Å²) in [4.78, 5) is 0. The van der Waals surface area contributed by atoms with E-state index in [1.807, 2.05) is 7.11 Å². The molecule has 74 valence electrons. The number of hydrogen-bond donors (Lipinski definition) is 0. The Hall–Kier alpha value is 0.250. The molecule has 3 atom stereocenters. The van der Waals surface area contributed by atoms with Gasteiger partial charge < -0.3 is 4.74 Å². The number of alkyl halides is 1. The van der Waals surface area contributed by atoms with Crippen LogP contribution in [0.3, 0.4) is 0 Å². The molecule has 4 rings (SSSR count). The maximum absolute atomic E-state index is 6.50. The number of rotatable bonds is 1. The monoisotopic (exact) mass is 200 g/mol. The van der Waals surface area contributed by atoms with Crippen LogP contribution in [0.1, 0.15) is 32.1 Å². The lowest BCUT2D eigenvalue weighted by molar-refractivity contribution is -0.141. The fraction of sp³-hybridized carbons (Fsp3) is 1.00. The SMILES string of the molecule is COC12CC3CC(CC(C3)C1Cl)C2. The smallest absolute Gasteiger partial charge is 0.0849 e. The lowest BCUT2D eigenvalue weighted by atomic mass is 9.54. The number of halogens is 1. The van der Waals surface area contributed by atoms with Crippen LogP contribution in [0.4, 0.5) is 0 Å². The Balaban J connectivity index is 1.95. The third-order valence-corrected chi connectivity index (χ3v) is 5.28. The molecule has 4 aliphatic carbocycles. The van der Waals surface area contributed by atoms with Crippen LogP contribution in [0.2, 0.25) is 0 Å². The summed E-state index contributed by atoms with van der Waals surface area (Å²) in [5, 5.41) is 0.297. The van der Waals surface area contributed by atoms with Gasteiger partial charge in [0, 0.05) is 7.11 Å². The quantitative estimate of drug-likeness (QED) is 0.592. The van der Waals surface area contributed by atoms with Gasteiger partial charge in [-0.1, -0.05) is 0 Å². The van der Waals surface area contributed by atoms with Crippen LogP contribution in [0, 0.1) is 17.8 Å². The molecule has 3 unspecified atom stereocenters. The van der Waals surface area contributed by atoms with Gasteiger partial charge in [0.15, 0.2) is 0 Å². The van der Waals surface area contributed by atoms with Crippen LogP contribution in [-0.4, -0.2) is 18.1 Å². The number of ether oxygens (including phenoxy) is 1. The van der Waals surface area contributed by atoms with Crippen molar-refractivity contribution in [1.29, 1.82) is 0 Å². The molecule has 0 heterocycles. The van der Waals surface area contributed by atoms with Gasteiger partial charge in [0.25, 0.3) is 0 Å². The molecule has 1 nitrogen and oxygen atoms in total. The molecule has 0 aromatic rings. The van der Waals surface area contributed by atoms with E-state index in [1.165, 1.54) is 32.1 Å². The van der Waals surface area contributed by atoms with E-state index >= 15 is 0 Å². The van der Waals surface area contributed by atoms with E-state index in [0.717, 1.165) is 17.8 Å². The summed E-state index contributed by atoms with van der Waals surface area (Å²) in [5.74, 6) is 2.60. The van der Waals surface area contributed by atoms with Crippen molar-refractivity contribution >= 4 is 11.6 Å². The van der Waals surface area contributed by atoms with E-state index in [4.69, 9.17) is 16.3 Å². The summed E-state index contributed by atoms with van der Waals surface area (Å²) >= 11 is 6.50. The van der Waals surface area contributed by atoms with Gasteiger partial charge in [-0.15, -0.1) is 11.6 Å². The van der Waals surface area contributed by atoms with Gasteiger partial charge in [0.2, 0.25) is 0 Å². The average Bonchev–Trinajstić information content (AvgIpc) is 2.12. The van der Waals surface area contributed by atoms with E-state index in [-0.39, 0.29) is 5.60 Å². The molecule has 0 amide bonds. The minimum Gasteiger partial charge on any atom is -0.377 e. The Morgan fingerprint density at radius 3 is 2.31 bits per heavy atom. The normalized spacial score (nSPS) is 58.6. The highest BCUT2D eigenvalue weighted by Gasteiger charge is 2.56. The van der Waals surface area contributed by atoms with Crippen LogP contribution in [0.25, 0.3) is 0 Å². The first-order chi connectivity index (χ1) is 6.23. The standard InChI is InChI=1S/C11H17ClO/c1-13-11-5-7-2-8(6-11)4-9(3-7)10(11)12/h7-10H,2-6H2,1H3. The molecule has 4 saturated carbocycles. The highest BCUT2D eigenvalue weighted by atomic mass is 35.5. The first-order valence-corrected chi connectivity index (χ1v) is 5.86. The number of hydrogen-bond acceptors (Lipinski definition) is 1. The Morgan fingerprint density at radius 1 is 1.15 bits per heavy atom. The van der Waals surface area contributed by atoms with Gasteiger partial charge in [0.1, 0.15) is 0 Å². The van der Waals surface area contributed by atoms with E-state index in [1.54, 1.807) is 0 Å². The van der Waals surface area contributed by atoms with E-state index < -0.39 is 0 Å². The predicted molar refractivity (Wildman–Crippen MR) is 52.9 cm³/mol. The zero-order valence-corrected chi connectivity index (χ0v) is 8.89. The molecule has 4 aliphatic rings. The summed E-state index contributed by atoms with van der Waals surface area (Å²) in [6.45, 7) is 0. The van der Waals surface area contributed by atoms with Gasteiger partial charge in [-0.25, -0.2) is 0 Å². The third kappa shape index (κ3) is 1.04. The Kier molecular flexibility index (Phi) is 1.73. The van der Waals surface area contributed by atoms with Crippen LogP contribution in [-0.2, 0) is 4.74 Å². The fourth-order valence-corrected chi connectivity index (χ4v) is 4.66. The van der Waals surface area contributed by atoms with E-state index in [9.17, 15) is 0 Å². The molecule has 0 saturated heterocycles. The molecule has 0 radical (unpaired) electrons. The van der Waals surface area contributed by atoms with E-state index in [0.29, 0.717) is 5.38 Å². The summed E-state index contributed by atoms with van der Waals surface area (Å²) in [7, 11) is 1.85. The van der Waals surface area contributed by atoms with Crippen LogP contribution in [0.15, 0.2) is 0 Å². The number of methoxy groups -OCH3 is 1. The van der Waals surface area contributed by atoms with Gasteiger partial charge in [0.05, 0.1) is 11.0 Å². The predicted octanol–water partition coefficient (Wildman–Crippen LogP) is 2.82. The van der Waals surface area contributed by atoms with Crippen molar-refractivity contribution in [2.75, 3.05) is 7.11 Å². The van der Waals surface area contributed by atoms with Crippen molar-refractivity contribution in [3.05, 3.63) is 0 Å². The molecular weight excluding hydrogens is 184 g/mol. The Labute approximate surface area is 84.8 Å². The lowest BCUT2D eigenvalue weighted by Crippen LogP contribution is -2.59. The van der Waals surface area contributed by atoms with Crippen molar-refractivity contribution in [2.24, 2.45) is 17.8 Å². The fourth-order valence-electron chi connectivity index (χ4n) is 4.18.